The highest BCUT2D eigenvalue weighted by Gasteiger charge is 2.18. The fourth-order valence-corrected chi connectivity index (χ4v) is 5.64. The van der Waals surface area contributed by atoms with Crippen molar-refractivity contribution in [3.8, 4) is 0 Å². The fourth-order valence-electron chi connectivity index (χ4n) is 3.51. The summed E-state index contributed by atoms with van der Waals surface area (Å²) in [6, 6.07) is 17.2. The minimum atomic E-state index is -3.82. The Balaban J connectivity index is 1.36. The van der Waals surface area contributed by atoms with E-state index < -0.39 is 20.1 Å². The van der Waals surface area contributed by atoms with E-state index in [1.807, 2.05) is 44.1 Å². The molecule has 0 aromatic heterocycles. The van der Waals surface area contributed by atoms with Crippen molar-refractivity contribution in [2.24, 2.45) is 0 Å². The van der Waals surface area contributed by atoms with Crippen LogP contribution in [0.5, 0.6) is 0 Å². The molecule has 0 saturated heterocycles. The largest absolute Gasteiger partial charge is 0.378 e. The third kappa shape index (κ3) is 7.48. The summed E-state index contributed by atoms with van der Waals surface area (Å²) < 4.78 is 68.2. The predicted molar refractivity (Wildman–Crippen MR) is 139 cm³/mol. The lowest BCUT2D eigenvalue weighted by atomic mass is 10.1. The molecule has 3 aromatic rings. The molecule has 196 valence electrons. The van der Waals surface area contributed by atoms with Gasteiger partial charge >= 0.3 is 0 Å². The Hall–Kier alpha value is -2.54. The van der Waals surface area contributed by atoms with Gasteiger partial charge in [-0.2, -0.15) is 8.42 Å². The molecule has 11 heteroatoms. The SMILES string of the molecule is Cc1ccc(S(=O)(=O)OCCOCCOCCNS(=O)(=O)c2cccc3c(N(C)C)cccc23)cc1. The van der Waals surface area contributed by atoms with Crippen molar-refractivity contribution in [3.05, 3.63) is 66.2 Å². The van der Waals surface area contributed by atoms with Crippen LogP contribution in [0.3, 0.4) is 0 Å². The maximum atomic E-state index is 12.9. The van der Waals surface area contributed by atoms with E-state index in [0.29, 0.717) is 5.39 Å². The van der Waals surface area contributed by atoms with Crippen LogP contribution in [0.25, 0.3) is 10.8 Å². The summed E-state index contributed by atoms with van der Waals surface area (Å²) in [5.74, 6) is 0. The number of rotatable bonds is 14. The van der Waals surface area contributed by atoms with Gasteiger partial charge in [0.25, 0.3) is 10.1 Å². The molecule has 0 saturated carbocycles. The molecule has 0 fully saturated rings. The molecule has 9 nitrogen and oxygen atoms in total. The second kappa shape index (κ2) is 12.6. The van der Waals surface area contributed by atoms with Crippen LogP contribution in [0.4, 0.5) is 5.69 Å². The van der Waals surface area contributed by atoms with Crippen LogP contribution in [0.1, 0.15) is 5.56 Å². The van der Waals surface area contributed by atoms with Gasteiger partial charge in [0.2, 0.25) is 10.0 Å². The van der Waals surface area contributed by atoms with Crippen LogP contribution in [0.2, 0.25) is 0 Å². The maximum Gasteiger partial charge on any atom is 0.297 e. The first kappa shape index (κ1) is 28.0. The second-order valence-corrected chi connectivity index (χ2v) is 11.6. The summed E-state index contributed by atoms with van der Waals surface area (Å²) in [6.45, 7) is 2.55. The van der Waals surface area contributed by atoms with Crippen molar-refractivity contribution in [1.29, 1.82) is 0 Å². The minimum Gasteiger partial charge on any atom is -0.378 e. The molecule has 3 rings (SSSR count). The smallest absolute Gasteiger partial charge is 0.297 e. The van der Waals surface area contributed by atoms with Crippen molar-refractivity contribution >= 4 is 36.6 Å². The lowest BCUT2D eigenvalue weighted by molar-refractivity contribution is 0.0389. The van der Waals surface area contributed by atoms with Crippen molar-refractivity contribution in [1.82, 2.24) is 4.72 Å². The zero-order valence-corrected chi connectivity index (χ0v) is 22.3. The summed E-state index contributed by atoms with van der Waals surface area (Å²) in [6.07, 6.45) is 0. The average molecular weight is 537 g/mol. The number of nitrogens with zero attached hydrogens (tertiary/aromatic N) is 1. The molecule has 36 heavy (non-hydrogen) atoms. The second-order valence-electron chi connectivity index (χ2n) is 8.23. The van der Waals surface area contributed by atoms with Crippen molar-refractivity contribution in [2.75, 3.05) is 58.6 Å². The summed E-state index contributed by atoms with van der Waals surface area (Å²) in [4.78, 5) is 2.25. The Morgan fingerprint density at radius 1 is 0.750 bits per heavy atom. The number of nitrogens with one attached hydrogen (secondary N) is 1. The predicted octanol–water partition coefficient (Wildman–Crippen LogP) is 2.93. The zero-order chi connectivity index (χ0) is 26.2. The Morgan fingerprint density at radius 2 is 1.36 bits per heavy atom. The molecule has 0 heterocycles. The first-order chi connectivity index (χ1) is 17.1. The number of benzene rings is 3. The first-order valence-corrected chi connectivity index (χ1v) is 14.3. The lowest BCUT2D eigenvalue weighted by Crippen LogP contribution is -2.28. The standard InChI is InChI=1S/C25H32N2O7S2/c1-20-10-12-21(13-11-20)36(30,31)34-19-18-33-17-16-32-15-14-26-35(28,29)25-9-5-6-22-23(25)7-4-8-24(22)27(2)3/h4-13,26H,14-19H2,1-3H3. The third-order valence-electron chi connectivity index (χ3n) is 5.32. The molecule has 3 aromatic carbocycles. The molecule has 0 unspecified atom stereocenters. The van der Waals surface area contributed by atoms with E-state index >= 15 is 0 Å². The summed E-state index contributed by atoms with van der Waals surface area (Å²) in [5.41, 5.74) is 1.89. The highest BCUT2D eigenvalue weighted by Crippen LogP contribution is 2.30. The van der Waals surface area contributed by atoms with E-state index in [4.69, 9.17) is 13.7 Å². The summed E-state index contributed by atoms with van der Waals surface area (Å²) in [5, 5.41) is 1.51. The van der Waals surface area contributed by atoms with Gasteiger partial charge in [-0.1, -0.05) is 42.0 Å². The normalized spacial score (nSPS) is 12.2. The van der Waals surface area contributed by atoms with Gasteiger partial charge in [0.1, 0.15) is 0 Å². The Bertz CT molecular complexity index is 1360. The van der Waals surface area contributed by atoms with Crippen LogP contribution < -0.4 is 9.62 Å². The molecule has 0 bridgehead atoms. The maximum absolute atomic E-state index is 12.9. The van der Waals surface area contributed by atoms with Gasteiger partial charge in [0.05, 0.1) is 42.8 Å². The molecular formula is C25H32N2O7S2. The van der Waals surface area contributed by atoms with Crippen molar-refractivity contribution in [2.45, 2.75) is 16.7 Å². The van der Waals surface area contributed by atoms with Gasteiger partial charge < -0.3 is 14.4 Å². The van der Waals surface area contributed by atoms with Crippen LogP contribution >= 0.6 is 0 Å². The topological polar surface area (TPSA) is 111 Å². The first-order valence-electron chi connectivity index (χ1n) is 11.4. The summed E-state index contributed by atoms with van der Waals surface area (Å²) in [7, 11) is -3.72. The molecule has 0 aliphatic carbocycles. The quantitative estimate of drug-likeness (QED) is 0.247. The van der Waals surface area contributed by atoms with Crippen molar-refractivity contribution < 1.29 is 30.5 Å². The molecule has 0 aliphatic rings. The Morgan fingerprint density at radius 3 is 2.06 bits per heavy atom. The summed E-state index contributed by atoms with van der Waals surface area (Å²) >= 11 is 0. The molecule has 0 radical (unpaired) electrons. The van der Waals surface area contributed by atoms with E-state index in [-0.39, 0.29) is 49.4 Å². The number of hydrogen-bond acceptors (Lipinski definition) is 8. The Labute approximate surface area is 213 Å². The number of anilines is 1. The molecule has 0 spiro atoms. The molecular weight excluding hydrogens is 504 g/mol. The van der Waals surface area contributed by atoms with Gasteiger partial charge in [0, 0.05) is 37.1 Å². The van der Waals surface area contributed by atoms with Crippen LogP contribution in [-0.2, 0) is 33.8 Å². The van der Waals surface area contributed by atoms with Gasteiger partial charge in [-0.15, -0.1) is 0 Å². The molecule has 1 N–H and O–H groups in total. The minimum absolute atomic E-state index is 0.0805. The highest BCUT2D eigenvalue weighted by molar-refractivity contribution is 7.89. The van der Waals surface area contributed by atoms with Crippen molar-refractivity contribution in [3.63, 3.8) is 0 Å². The monoisotopic (exact) mass is 536 g/mol. The molecule has 0 atom stereocenters. The van der Waals surface area contributed by atoms with Crippen LogP contribution in [-0.4, -0.2) is 70.5 Å². The van der Waals surface area contributed by atoms with E-state index in [2.05, 4.69) is 4.72 Å². The van der Waals surface area contributed by atoms with E-state index in [9.17, 15) is 16.8 Å². The van der Waals surface area contributed by atoms with E-state index in [1.165, 1.54) is 12.1 Å². The third-order valence-corrected chi connectivity index (χ3v) is 8.16. The zero-order valence-electron chi connectivity index (χ0n) is 20.6. The van der Waals surface area contributed by atoms with Gasteiger partial charge in [-0.25, -0.2) is 13.1 Å². The number of hydrogen-bond donors (Lipinski definition) is 1. The number of aryl methyl sites for hydroxylation is 1. The average Bonchev–Trinajstić information content (AvgIpc) is 2.84. The van der Waals surface area contributed by atoms with Gasteiger partial charge in [-0.3, -0.25) is 4.18 Å². The molecule has 0 amide bonds. The highest BCUT2D eigenvalue weighted by atomic mass is 32.2. The van der Waals surface area contributed by atoms with E-state index in [0.717, 1.165) is 16.6 Å². The van der Waals surface area contributed by atoms with Crippen LogP contribution in [0.15, 0.2) is 70.5 Å². The van der Waals surface area contributed by atoms with E-state index in [1.54, 1.807) is 30.3 Å². The van der Waals surface area contributed by atoms with Gasteiger partial charge in [-0.05, 0) is 31.2 Å². The van der Waals surface area contributed by atoms with Crippen LogP contribution in [0, 0.1) is 6.92 Å². The number of fused-ring (bicyclic) bond motifs is 1. The number of sulfonamides is 1. The number of ether oxygens (including phenoxy) is 2. The van der Waals surface area contributed by atoms with Gasteiger partial charge in [0.15, 0.2) is 0 Å². The Kier molecular flexibility index (Phi) is 9.83. The lowest BCUT2D eigenvalue weighted by Gasteiger charge is -2.17. The fraction of sp³-hybridized carbons (Fsp3) is 0.360. The molecule has 0 aliphatic heterocycles.